The van der Waals surface area contributed by atoms with E-state index >= 15 is 0 Å². The van der Waals surface area contributed by atoms with Gasteiger partial charge in [0.15, 0.2) is 11.5 Å². The van der Waals surface area contributed by atoms with Crippen LogP contribution in [0.2, 0.25) is 0 Å². The normalized spacial score (nSPS) is 11.0. The van der Waals surface area contributed by atoms with Crippen LogP contribution in [0.1, 0.15) is 33.3 Å². The van der Waals surface area contributed by atoms with Crippen LogP contribution in [-0.4, -0.2) is 53.4 Å². The van der Waals surface area contributed by atoms with Crippen LogP contribution in [0.3, 0.4) is 0 Å². The second-order valence-corrected chi connectivity index (χ2v) is 7.35. The molecule has 1 heterocycles. The van der Waals surface area contributed by atoms with Gasteiger partial charge in [-0.2, -0.15) is 5.10 Å². The molecule has 0 fully saturated rings. The Morgan fingerprint density at radius 2 is 1.79 bits per heavy atom. The highest BCUT2D eigenvalue weighted by Crippen LogP contribution is 2.34. The van der Waals surface area contributed by atoms with Crippen LogP contribution in [0, 0.1) is 0 Å². The Balaban J connectivity index is 1.99. The van der Waals surface area contributed by atoms with E-state index in [0.29, 0.717) is 30.4 Å². The van der Waals surface area contributed by atoms with E-state index in [0.717, 1.165) is 36.2 Å². The Morgan fingerprint density at radius 1 is 1.14 bits per heavy atom. The number of carbonyl (C=O) groups is 1. The molecule has 0 unspecified atom stereocenters. The second kappa shape index (κ2) is 11.8. The summed E-state index contributed by atoms with van der Waals surface area (Å²) in [5, 5.41) is 7.25. The third kappa shape index (κ3) is 7.04. The number of aromatic nitrogens is 2. The van der Waals surface area contributed by atoms with Crippen molar-refractivity contribution in [3.05, 3.63) is 34.6 Å². The summed E-state index contributed by atoms with van der Waals surface area (Å²) >= 11 is 3.53. The monoisotopic (exact) mass is 466 g/mol. The van der Waals surface area contributed by atoms with Crippen LogP contribution in [0.5, 0.6) is 11.5 Å². The van der Waals surface area contributed by atoms with E-state index in [4.69, 9.17) is 9.47 Å². The average Bonchev–Trinajstić information content (AvgIpc) is 3.13. The first-order valence-corrected chi connectivity index (χ1v) is 10.9. The molecule has 0 atom stereocenters. The standard InChI is InChI=1S/C21H31BrN4O3/c1-5-25(6-2)9-10-26-15-17(14-23-26)24-21(27)12-16-11-19(28-7-3)20(29-8-4)13-18(16)22/h11,13-15H,5-10,12H2,1-4H3,(H,24,27). The molecule has 0 saturated carbocycles. The highest BCUT2D eigenvalue weighted by molar-refractivity contribution is 9.10. The van der Waals surface area contributed by atoms with Crippen molar-refractivity contribution in [2.75, 3.05) is 38.2 Å². The number of hydrogen-bond acceptors (Lipinski definition) is 5. The van der Waals surface area contributed by atoms with Gasteiger partial charge in [-0.15, -0.1) is 0 Å². The number of benzene rings is 1. The van der Waals surface area contributed by atoms with Gasteiger partial charge in [0.25, 0.3) is 0 Å². The number of likely N-dealkylation sites (N-methyl/N-ethyl adjacent to an activating group) is 1. The average molecular weight is 467 g/mol. The van der Waals surface area contributed by atoms with Gasteiger partial charge < -0.3 is 19.7 Å². The first kappa shape index (κ1) is 23.2. The zero-order valence-corrected chi connectivity index (χ0v) is 19.3. The zero-order valence-electron chi connectivity index (χ0n) is 17.7. The largest absolute Gasteiger partial charge is 0.490 e. The van der Waals surface area contributed by atoms with Gasteiger partial charge in [-0.3, -0.25) is 9.48 Å². The minimum Gasteiger partial charge on any atom is -0.490 e. The summed E-state index contributed by atoms with van der Waals surface area (Å²) < 4.78 is 13.9. The van der Waals surface area contributed by atoms with E-state index in [2.05, 4.69) is 45.1 Å². The second-order valence-electron chi connectivity index (χ2n) is 6.50. The predicted molar refractivity (Wildman–Crippen MR) is 119 cm³/mol. The van der Waals surface area contributed by atoms with Crippen molar-refractivity contribution in [3.8, 4) is 11.5 Å². The molecular formula is C21H31BrN4O3. The molecule has 7 nitrogen and oxygen atoms in total. The Hall–Kier alpha value is -2.06. The molecule has 0 aliphatic rings. The Bertz CT molecular complexity index is 790. The maximum Gasteiger partial charge on any atom is 0.228 e. The van der Waals surface area contributed by atoms with Gasteiger partial charge in [0, 0.05) is 17.2 Å². The summed E-state index contributed by atoms with van der Waals surface area (Å²) in [6, 6.07) is 3.70. The summed E-state index contributed by atoms with van der Waals surface area (Å²) in [5.74, 6) is 1.20. The molecule has 0 aliphatic heterocycles. The minimum absolute atomic E-state index is 0.111. The van der Waals surface area contributed by atoms with E-state index in [1.807, 2.05) is 36.9 Å². The van der Waals surface area contributed by atoms with Crippen LogP contribution >= 0.6 is 15.9 Å². The Kier molecular flexibility index (Phi) is 9.47. The number of anilines is 1. The van der Waals surface area contributed by atoms with Crippen molar-refractivity contribution in [3.63, 3.8) is 0 Å². The summed E-state index contributed by atoms with van der Waals surface area (Å²) in [7, 11) is 0. The molecule has 1 aromatic carbocycles. The molecule has 2 rings (SSSR count). The molecule has 0 aliphatic carbocycles. The molecule has 1 aromatic heterocycles. The summed E-state index contributed by atoms with van der Waals surface area (Å²) in [4.78, 5) is 14.9. The molecule has 1 N–H and O–H groups in total. The molecule has 0 bridgehead atoms. The fourth-order valence-electron chi connectivity index (χ4n) is 2.96. The van der Waals surface area contributed by atoms with Gasteiger partial charge in [-0.25, -0.2) is 0 Å². The first-order valence-electron chi connectivity index (χ1n) is 10.1. The van der Waals surface area contributed by atoms with Gasteiger partial charge in [-0.1, -0.05) is 29.8 Å². The quantitative estimate of drug-likeness (QED) is 0.512. The number of carbonyl (C=O) groups excluding carboxylic acids is 1. The van der Waals surface area contributed by atoms with Crippen molar-refractivity contribution in [1.82, 2.24) is 14.7 Å². The van der Waals surface area contributed by atoms with Gasteiger partial charge in [0.2, 0.25) is 5.91 Å². The molecule has 0 saturated heterocycles. The number of rotatable bonds is 12. The zero-order chi connectivity index (χ0) is 21.2. The Labute approximate surface area is 181 Å². The SMILES string of the molecule is CCOc1cc(Br)c(CC(=O)Nc2cnn(CCN(CC)CC)c2)cc1OCC. The lowest BCUT2D eigenvalue weighted by Gasteiger charge is -2.17. The smallest absolute Gasteiger partial charge is 0.228 e. The molecule has 8 heteroatoms. The molecule has 0 radical (unpaired) electrons. The lowest BCUT2D eigenvalue weighted by atomic mass is 10.1. The summed E-state index contributed by atoms with van der Waals surface area (Å²) in [6.45, 7) is 13.0. The number of hydrogen-bond donors (Lipinski definition) is 1. The molecule has 160 valence electrons. The van der Waals surface area contributed by atoms with Crippen LogP contribution < -0.4 is 14.8 Å². The number of amides is 1. The van der Waals surface area contributed by atoms with Crippen LogP contribution in [0.4, 0.5) is 5.69 Å². The van der Waals surface area contributed by atoms with Crippen molar-refractivity contribution < 1.29 is 14.3 Å². The first-order chi connectivity index (χ1) is 14.0. The molecule has 0 spiro atoms. The predicted octanol–water partition coefficient (Wildman–Crippen LogP) is 3.97. The minimum atomic E-state index is -0.111. The van der Waals surface area contributed by atoms with Crippen molar-refractivity contribution in [1.29, 1.82) is 0 Å². The third-order valence-corrected chi connectivity index (χ3v) is 5.26. The van der Waals surface area contributed by atoms with Gasteiger partial charge in [0.1, 0.15) is 0 Å². The van der Waals surface area contributed by atoms with Gasteiger partial charge in [0.05, 0.1) is 38.1 Å². The lowest BCUT2D eigenvalue weighted by Crippen LogP contribution is -2.27. The van der Waals surface area contributed by atoms with Crippen LogP contribution in [-0.2, 0) is 17.8 Å². The molecule has 2 aromatic rings. The summed E-state index contributed by atoms with van der Waals surface area (Å²) in [6.07, 6.45) is 3.76. The lowest BCUT2D eigenvalue weighted by molar-refractivity contribution is -0.115. The van der Waals surface area contributed by atoms with Gasteiger partial charge >= 0.3 is 0 Å². The number of ether oxygens (including phenoxy) is 2. The van der Waals surface area contributed by atoms with E-state index in [9.17, 15) is 4.79 Å². The number of halogens is 1. The van der Waals surface area contributed by atoms with E-state index in [1.54, 1.807) is 6.20 Å². The topological polar surface area (TPSA) is 68.6 Å². The molecule has 29 heavy (non-hydrogen) atoms. The fourth-order valence-corrected chi connectivity index (χ4v) is 3.42. The van der Waals surface area contributed by atoms with Crippen LogP contribution in [0.25, 0.3) is 0 Å². The van der Waals surface area contributed by atoms with Gasteiger partial charge in [-0.05, 0) is 44.6 Å². The third-order valence-electron chi connectivity index (χ3n) is 4.52. The maximum absolute atomic E-state index is 12.5. The van der Waals surface area contributed by atoms with Crippen molar-refractivity contribution >= 4 is 27.5 Å². The van der Waals surface area contributed by atoms with Crippen LogP contribution in [0.15, 0.2) is 29.0 Å². The summed E-state index contributed by atoms with van der Waals surface area (Å²) in [5.41, 5.74) is 1.53. The van der Waals surface area contributed by atoms with E-state index < -0.39 is 0 Å². The van der Waals surface area contributed by atoms with Crippen molar-refractivity contribution in [2.45, 2.75) is 40.7 Å². The van der Waals surface area contributed by atoms with E-state index in [1.165, 1.54) is 0 Å². The molecule has 1 amide bonds. The highest BCUT2D eigenvalue weighted by Gasteiger charge is 2.14. The molecular weight excluding hydrogens is 436 g/mol. The number of nitrogens with zero attached hydrogens (tertiary/aromatic N) is 3. The maximum atomic E-state index is 12.5. The Morgan fingerprint density at radius 3 is 2.41 bits per heavy atom. The highest BCUT2D eigenvalue weighted by atomic mass is 79.9. The number of nitrogens with one attached hydrogen (secondary N) is 1. The van der Waals surface area contributed by atoms with Crippen molar-refractivity contribution in [2.24, 2.45) is 0 Å². The van der Waals surface area contributed by atoms with E-state index in [-0.39, 0.29) is 12.3 Å². The fraction of sp³-hybridized carbons (Fsp3) is 0.524.